The van der Waals surface area contributed by atoms with E-state index in [1.807, 2.05) is 0 Å². The largest absolute Gasteiger partial charge is 0.479 e. The van der Waals surface area contributed by atoms with Crippen molar-refractivity contribution in [1.29, 1.82) is 0 Å². The topological polar surface area (TPSA) is 138 Å². The number of aliphatic carboxylic acids is 1. The Morgan fingerprint density at radius 2 is 2.25 bits per heavy atom. The van der Waals surface area contributed by atoms with Gasteiger partial charge in [-0.25, -0.2) is 19.7 Å². The lowest BCUT2D eigenvalue weighted by atomic mass is 10.1. The number of carbonyl (C=O) groups is 1. The molecule has 1 unspecified atom stereocenters. The number of nitrogen functional groups attached to an aromatic ring is 1. The summed E-state index contributed by atoms with van der Waals surface area (Å²) in [5.41, 5.74) is 4.00. The molecular formula is C8H9N5O3. The molecule has 0 aromatic carbocycles. The van der Waals surface area contributed by atoms with Gasteiger partial charge in [0.1, 0.15) is 5.52 Å². The minimum Gasteiger partial charge on any atom is -0.479 e. The maximum absolute atomic E-state index is 10.8. The van der Waals surface area contributed by atoms with Crippen LogP contribution in [0.4, 0.5) is 5.82 Å². The van der Waals surface area contributed by atoms with Crippen molar-refractivity contribution in [2.45, 2.75) is 12.5 Å². The summed E-state index contributed by atoms with van der Waals surface area (Å²) >= 11 is 0. The van der Waals surface area contributed by atoms with Crippen molar-refractivity contribution in [2.75, 3.05) is 5.73 Å². The third kappa shape index (κ3) is 1.36. The molecule has 2 aromatic rings. The van der Waals surface area contributed by atoms with Gasteiger partial charge in [-0.1, -0.05) is 0 Å². The zero-order valence-electron chi connectivity index (χ0n) is 8.30. The predicted molar refractivity (Wildman–Crippen MR) is 53.3 cm³/mol. The summed E-state index contributed by atoms with van der Waals surface area (Å²) in [5.74, 6) is -1.71. The van der Waals surface area contributed by atoms with Crippen LogP contribution in [0.3, 0.4) is 0 Å². The van der Waals surface area contributed by atoms with E-state index in [0.717, 1.165) is 6.92 Å². The van der Waals surface area contributed by atoms with E-state index in [2.05, 4.69) is 19.9 Å². The molecule has 0 aliphatic carbocycles. The maximum Gasteiger partial charge on any atom is 0.343 e. The molecule has 0 spiro atoms. The maximum atomic E-state index is 10.8. The number of aliphatic hydroxyl groups is 1. The van der Waals surface area contributed by atoms with Crippen LogP contribution >= 0.6 is 0 Å². The average molecular weight is 223 g/mol. The highest BCUT2D eigenvalue weighted by molar-refractivity contribution is 5.83. The first kappa shape index (κ1) is 10.3. The molecule has 2 rings (SSSR count). The number of carboxylic acid groups (broad SMARTS) is 1. The summed E-state index contributed by atoms with van der Waals surface area (Å²) in [6, 6.07) is 0. The normalized spacial score (nSPS) is 14.9. The summed E-state index contributed by atoms with van der Waals surface area (Å²) in [7, 11) is 0. The van der Waals surface area contributed by atoms with E-state index in [1.165, 1.54) is 6.33 Å². The Morgan fingerprint density at radius 3 is 2.88 bits per heavy atom. The molecule has 0 bridgehead atoms. The number of anilines is 1. The van der Waals surface area contributed by atoms with E-state index in [1.54, 1.807) is 0 Å². The molecule has 5 N–H and O–H groups in total. The van der Waals surface area contributed by atoms with E-state index >= 15 is 0 Å². The van der Waals surface area contributed by atoms with Crippen molar-refractivity contribution in [3.8, 4) is 0 Å². The molecule has 16 heavy (non-hydrogen) atoms. The van der Waals surface area contributed by atoms with E-state index in [-0.39, 0.29) is 17.3 Å². The second-order valence-electron chi connectivity index (χ2n) is 3.41. The van der Waals surface area contributed by atoms with Gasteiger partial charge in [-0.15, -0.1) is 0 Å². The van der Waals surface area contributed by atoms with Crippen LogP contribution in [0.5, 0.6) is 0 Å². The molecule has 8 heteroatoms. The Bertz CT molecular complexity index is 562. The Labute approximate surface area is 89.2 Å². The number of imidazole rings is 1. The van der Waals surface area contributed by atoms with Gasteiger partial charge in [-0.05, 0) is 6.92 Å². The van der Waals surface area contributed by atoms with Gasteiger partial charge in [0, 0.05) is 0 Å². The summed E-state index contributed by atoms with van der Waals surface area (Å²) in [6.45, 7) is 1.07. The minimum atomic E-state index is -2.19. The van der Waals surface area contributed by atoms with Gasteiger partial charge in [0.15, 0.2) is 17.3 Å². The molecule has 0 fully saturated rings. The van der Waals surface area contributed by atoms with Crippen molar-refractivity contribution in [3.05, 3.63) is 12.2 Å². The first-order chi connectivity index (χ1) is 7.43. The lowest BCUT2D eigenvalue weighted by molar-refractivity contribution is -0.158. The smallest absolute Gasteiger partial charge is 0.343 e. The van der Waals surface area contributed by atoms with Gasteiger partial charge in [-0.2, -0.15) is 0 Å². The lowest BCUT2D eigenvalue weighted by Crippen LogP contribution is -2.34. The summed E-state index contributed by atoms with van der Waals surface area (Å²) in [4.78, 5) is 24.9. The number of aromatic amines is 1. The third-order valence-corrected chi connectivity index (χ3v) is 2.17. The highest BCUT2D eigenvalue weighted by atomic mass is 16.4. The van der Waals surface area contributed by atoms with Crippen molar-refractivity contribution in [1.82, 2.24) is 19.9 Å². The second-order valence-corrected chi connectivity index (χ2v) is 3.41. The van der Waals surface area contributed by atoms with Gasteiger partial charge < -0.3 is 20.9 Å². The van der Waals surface area contributed by atoms with Gasteiger partial charge >= 0.3 is 5.97 Å². The number of nitrogens with two attached hydrogens (primary N) is 1. The van der Waals surface area contributed by atoms with E-state index in [9.17, 15) is 9.90 Å². The van der Waals surface area contributed by atoms with Crippen LogP contribution in [0.25, 0.3) is 11.2 Å². The van der Waals surface area contributed by atoms with Crippen molar-refractivity contribution < 1.29 is 15.0 Å². The lowest BCUT2D eigenvalue weighted by Gasteiger charge is -2.15. The van der Waals surface area contributed by atoms with Crippen LogP contribution in [0.15, 0.2) is 6.33 Å². The molecule has 2 heterocycles. The highest BCUT2D eigenvalue weighted by Crippen LogP contribution is 2.21. The number of hydrogen-bond acceptors (Lipinski definition) is 6. The molecule has 1 atom stereocenters. The standard InChI is InChI=1S/C8H9N5O3/c1-8(16,7(14)15)6-12-4(9)3-5(13-6)11-2-10-3/h2,16H,1H3,(H,14,15)(H3,9,10,11,12,13). The molecule has 0 radical (unpaired) electrons. The van der Waals surface area contributed by atoms with Crippen LogP contribution < -0.4 is 5.73 Å². The van der Waals surface area contributed by atoms with Gasteiger partial charge in [-0.3, -0.25) is 0 Å². The zero-order chi connectivity index (χ0) is 11.9. The molecule has 84 valence electrons. The number of hydrogen-bond donors (Lipinski definition) is 4. The van der Waals surface area contributed by atoms with Gasteiger partial charge in [0.05, 0.1) is 6.33 Å². The van der Waals surface area contributed by atoms with Crippen LogP contribution in [-0.4, -0.2) is 36.1 Å². The number of H-pyrrole nitrogens is 1. The Balaban J connectivity index is 2.66. The van der Waals surface area contributed by atoms with Crippen molar-refractivity contribution in [3.63, 3.8) is 0 Å². The minimum absolute atomic E-state index is 0.0408. The SMILES string of the molecule is CC(O)(C(=O)O)c1nc(N)c2[nH]cnc2n1. The van der Waals surface area contributed by atoms with Gasteiger partial charge in [0.25, 0.3) is 0 Å². The molecule has 0 amide bonds. The summed E-state index contributed by atoms with van der Waals surface area (Å²) in [6.07, 6.45) is 1.36. The van der Waals surface area contributed by atoms with E-state index in [0.29, 0.717) is 5.52 Å². The fourth-order valence-corrected chi connectivity index (χ4v) is 1.17. The number of carboxylic acids is 1. The van der Waals surface area contributed by atoms with Crippen molar-refractivity contribution >= 4 is 23.0 Å². The number of nitrogens with zero attached hydrogens (tertiary/aromatic N) is 3. The number of nitrogens with one attached hydrogen (secondary N) is 1. The fourth-order valence-electron chi connectivity index (χ4n) is 1.17. The quantitative estimate of drug-likeness (QED) is 0.524. The van der Waals surface area contributed by atoms with Crippen molar-refractivity contribution in [2.24, 2.45) is 0 Å². The molecule has 8 nitrogen and oxygen atoms in total. The molecule has 0 saturated heterocycles. The van der Waals surface area contributed by atoms with Crippen LogP contribution in [0, 0.1) is 0 Å². The first-order valence-electron chi connectivity index (χ1n) is 4.35. The van der Waals surface area contributed by atoms with Gasteiger partial charge in [0.2, 0.25) is 5.60 Å². The summed E-state index contributed by atoms with van der Waals surface area (Å²) < 4.78 is 0. The zero-order valence-corrected chi connectivity index (χ0v) is 8.30. The van der Waals surface area contributed by atoms with E-state index in [4.69, 9.17) is 10.8 Å². The molecule has 0 aliphatic heterocycles. The fraction of sp³-hybridized carbons (Fsp3) is 0.250. The number of rotatable bonds is 2. The van der Waals surface area contributed by atoms with Crippen LogP contribution in [0.2, 0.25) is 0 Å². The predicted octanol–water partition coefficient (Wildman–Crippen LogP) is -0.773. The molecule has 0 saturated carbocycles. The molecular weight excluding hydrogens is 214 g/mol. The molecule has 2 aromatic heterocycles. The Kier molecular flexibility index (Phi) is 2.02. The average Bonchev–Trinajstić information content (AvgIpc) is 2.65. The van der Waals surface area contributed by atoms with Crippen LogP contribution in [-0.2, 0) is 10.4 Å². The number of fused-ring (bicyclic) bond motifs is 1. The monoisotopic (exact) mass is 223 g/mol. The summed E-state index contributed by atoms with van der Waals surface area (Å²) in [5, 5.41) is 18.5. The van der Waals surface area contributed by atoms with E-state index < -0.39 is 11.6 Å². The number of aromatic nitrogens is 4. The Morgan fingerprint density at radius 1 is 1.56 bits per heavy atom. The Hall–Kier alpha value is -2.22. The highest BCUT2D eigenvalue weighted by Gasteiger charge is 2.36. The second kappa shape index (κ2) is 3.14. The molecule has 0 aliphatic rings. The van der Waals surface area contributed by atoms with Crippen LogP contribution in [0.1, 0.15) is 12.7 Å². The third-order valence-electron chi connectivity index (χ3n) is 2.17. The first-order valence-corrected chi connectivity index (χ1v) is 4.35.